The van der Waals surface area contributed by atoms with Gasteiger partial charge in [0.15, 0.2) is 5.60 Å². The molecule has 3 heterocycles. The van der Waals surface area contributed by atoms with Crippen molar-refractivity contribution in [1.82, 2.24) is 4.90 Å². The third kappa shape index (κ3) is 3.24. The Morgan fingerprint density at radius 1 is 0.929 bits per heavy atom. The molecule has 146 valence electrons. The van der Waals surface area contributed by atoms with E-state index in [0.717, 1.165) is 45.7 Å². The minimum Gasteiger partial charge on any atom is -0.437 e. The van der Waals surface area contributed by atoms with Gasteiger partial charge in [0.1, 0.15) is 0 Å². The highest BCUT2D eigenvalue weighted by atomic mass is 16.6. The second-order valence-electron chi connectivity index (χ2n) is 8.23. The lowest BCUT2D eigenvalue weighted by Gasteiger charge is -2.47. The number of carbonyl (C=O) groups is 1. The Kier molecular flexibility index (Phi) is 4.47. The minimum absolute atomic E-state index is 0.150. The number of amides is 1. The first kappa shape index (κ1) is 17.6. The van der Waals surface area contributed by atoms with Crippen molar-refractivity contribution in [1.29, 1.82) is 0 Å². The van der Waals surface area contributed by atoms with Crippen LogP contribution in [0.25, 0.3) is 11.1 Å². The van der Waals surface area contributed by atoms with Crippen molar-refractivity contribution in [3.8, 4) is 11.1 Å². The summed E-state index contributed by atoms with van der Waals surface area (Å²) in [6, 6.07) is 18.9. The lowest BCUT2D eigenvalue weighted by atomic mass is 9.91. The molecule has 3 aliphatic rings. The molecule has 3 saturated heterocycles. The molecule has 28 heavy (non-hydrogen) atoms. The molecule has 0 aliphatic carbocycles. The zero-order valence-electron chi connectivity index (χ0n) is 16.0. The average Bonchev–Trinajstić information content (AvgIpc) is 3.05. The van der Waals surface area contributed by atoms with Gasteiger partial charge in [-0.25, -0.2) is 4.79 Å². The fourth-order valence-corrected chi connectivity index (χ4v) is 4.67. The number of nitrogens with zero attached hydrogens (tertiary/aromatic N) is 2. The lowest BCUT2D eigenvalue weighted by molar-refractivity contribution is 0.0333. The van der Waals surface area contributed by atoms with E-state index in [2.05, 4.69) is 53.4 Å². The number of ether oxygens (including phenoxy) is 2. The third-order valence-corrected chi connectivity index (χ3v) is 6.15. The topological polar surface area (TPSA) is 42.0 Å². The van der Waals surface area contributed by atoms with E-state index in [1.165, 1.54) is 16.8 Å². The Bertz CT molecular complexity index is 842. The molecule has 1 spiro atoms. The Morgan fingerprint density at radius 2 is 1.64 bits per heavy atom. The van der Waals surface area contributed by atoms with Crippen LogP contribution in [0, 0.1) is 5.92 Å². The molecule has 0 N–H and O–H groups in total. The van der Waals surface area contributed by atoms with Crippen molar-refractivity contribution in [3.05, 3.63) is 54.6 Å². The van der Waals surface area contributed by atoms with E-state index >= 15 is 0 Å². The van der Waals surface area contributed by atoms with Crippen LogP contribution in [0.4, 0.5) is 10.5 Å². The van der Waals surface area contributed by atoms with Gasteiger partial charge in [0, 0.05) is 31.0 Å². The lowest BCUT2D eigenvalue weighted by Crippen LogP contribution is -2.64. The van der Waals surface area contributed by atoms with Crippen molar-refractivity contribution in [2.45, 2.75) is 18.4 Å². The number of rotatable bonds is 4. The van der Waals surface area contributed by atoms with E-state index in [1.54, 1.807) is 0 Å². The fourth-order valence-electron chi connectivity index (χ4n) is 4.67. The highest BCUT2D eigenvalue weighted by Crippen LogP contribution is 2.40. The zero-order chi connectivity index (χ0) is 19.0. The second-order valence-corrected chi connectivity index (χ2v) is 8.23. The first-order valence-electron chi connectivity index (χ1n) is 10.2. The summed E-state index contributed by atoms with van der Waals surface area (Å²) in [5.41, 5.74) is 3.29. The predicted octanol–water partition coefficient (Wildman–Crippen LogP) is 3.79. The van der Waals surface area contributed by atoms with Crippen molar-refractivity contribution in [2.24, 2.45) is 5.92 Å². The van der Waals surface area contributed by atoms with Gasteiger partial charge in [-0.3, -0.25) is 0 Å². The van der Waals surface area contributed by atoms with Gasteiger partial charge in [-0.2, -0.15) is 0 Å². The van der Waals surface area contributed by atoms with Crippen LogP contribution in [0.2, 0.25) is 0 Å². The molecule has 2 aromatic rings. The van der Waals surface area contributed by atoms with Gasteiger partial charge in [0.25, 0.3) is 0 Å². The van der Waals surface area contributed by atoms with E-state index < -0.39 is 0 Å². The number of carbonyl (C=O) groups excluding carboxylic acids is 1. The number of benzene rings is 2. The molecular weight excluding hydrogens is 352 g/mol. The quantitative estimate of drug-likeness (QED) is 0.812. The molecule has 3 fully saturated rings. The average molecular weight is 378 g/mol. The van der Waals surface area contributed by atoms with Crippen LogP contribution >= 0.6 is 0 Å². The molecule has 5 rings (SSSR count). The van der Waals surface area contributed by atoms with E-state index in [-0.39, 0.29) is 11.7 Å². The Hall–Kier alpha value is -2.53. The molecular formula is C23H26N2O3. The Morgan fingerprint density at radius 3 is 2.43 bits per heavy atom. The van der Waals surface area contributed by atoms with Crippen LogP contribution in [0.15, 0.2) is 54.6 Å². The molecule has 0 atom stereocenters. The first-order valence-corrected chi connectivity index (χ1v) is 10.2. The van der Waals surface area contributed by atoms with Gasteiger partial charge in [-0.1, -0.05) is 48.5 Å². The summed E-state index contributed by atoms with van der Waals surface area (Å²) in [6.07, 6.45) is 1.92. The van der Waals surface area contributed by atoms with Gasteiger partial charge in [-0.05, 0) is 30.4 Å². The Labute approximate surface area is 165 Å². The maximum absolute atomic E-state index is 12.4. The zero-order valence-corrected chi connectivity index (χ0v) is 16.0. The number of hydrogen-bond acceptors (Lipinski definition) is 4. The standard InChI is InChI=1S/C23H26N2O3/c26-22-24(14-18-10-12-27-13-11-18)15-23(28-22)16-25(17-23)21-9-5-4-8-20(21)19-6-2-1-3-7-19/h1-9,18H,10-17H2. The van der Waals surface area contributed by atoms with Crippen molar-refractivity contribution >= 4 is 11.8 Å². The van der Waals surface area contributed by atoms with Crippen LogP contribution in [-0.2, 0) is 9.47 Å². The summed E-state index contributed by atoms with van der Waals surface area (Å²) in [4.78, 5) is 16.7. The molecule has 3 aliphatic heterocycles. The summed E-state index contributed by atoms with van der Waals surface area (Å²) < 4.78 is 11.3. The van der Waals surface area contributed by atoms with E-state index in [4.69, 9.17) is 9.47 Å². The van der Waals surface area contributed by atoms with Crippen molar-refractivity contribution in [3.63, 3.8) is 0 Å². The highest BCUT2D eigenvalue weighted by molar-refractivity contribution is 5.80. The van der Waals surface area contributed by atoms with Gasteiger partial charge in [0.2, 0.25) is 0 Å². The van der Waals surface area contributed by atoms with Gasteiger partial charge in [0.05, 0.1) is 19.6 Å². The second kappa shape index (κ2) is 7.13. The molecule has 5 nitrogen and oxygen atoms in total. The van der Waals surface area contributed by atoms with Crippen molar-refractivity contribution < 1.29 is 14.3 Å². The highest BCUT2D eigenvalue weighted by Gasteiger charge is 2.54. The summed E-state index contributed by atoms with van der Waals surface area (Å²) in [7, 11) is 0. The molecule has 0 saturated carbocycles. The maximum atomic E-state index is 12.4. The first-order chi connectivity index (χ1) is 13.7. The SMILES string of the molecule is O=C1OC2(CN1CC1CCOCC1)CN(c1ccccc1-c1ccccc1)C2. The normalized spacial score (nSPS) is 21.6. The summed E-state index contributed by atoms with van der Waals surface area (Å²) >= 11 is 0. The van der Waals surface area contributed by atoms with Crippen LogP contribution in [0.5, 0.6) is 0 Å². The summed E-state index contributed by atoms with van der Waals surface area (Å²) in [5, 5.41) is 0. The number of anilines is 1. The number of para-hydroxylation sites is 1. The summed E-state index contributed by atoms with van der Waals surface area (Å²) in [6.45, 7) is 4.63. The molecule has 2 aromatic carbocycles. The van der Waals surface area contributed by atoms with E-state index in [1.807, 2.05) is 11.0 Å². The van der Waals surface area contributed by atoms with Crippen LogP contribution in [0.1, 0.15) is 12.8 Å². The largest absolute Gasteiger partial charge is 0.437 e. The molecule has 0 aromatic heterocycles. The monoisotopic (exact) mass is 378 g/mol. The molecule has 5 heteroatoms. The molecule has 0 unspecified atom stereocenters. The van der Waals surface area contributed by atoms with Gasteiger partial charge in [-0.15, -0.1) is 0 Å². The number of hydrogen-bond donors (Lipinski definition) is 0. The van der Waals surface area contributed by atoms with E-state index in [0.29, 0.717) is 12.5 Å². The Balaban J connectivity index is 1.27. The minimum atomic E-state index is -0.355. The van der Waals surface area contributed by atoms with Crippen LogP contribution in [0.3, 0.4) is 0 Å². The fraction of sp³-hybridized carbons (Fsp3) is 0.435. The summed E-state index contributed by atoms with van der Waals surface area (Å²) in [5.74, 6) is 0.534. The molecule has 0 radical (unpaired) electrons. The van der Waals surface area contributed by atoms with Crippen LogP contribution < -0.4 is 4.90 Å². The van der Waals surface area contributed by atoms with Crippen molar-refractivity contribution in [2.75, 3.05) is 44.3 Å². The molecule has 0 bridgehead atoms. The third-order valence-electron chi connectivity index (χ3n) is 6.15. The molecule has 1 amide bonds. The van der Waals surface area contributed by atoms with Crippen LogP contribution in [-0.4, -0.2) is 56.0 Å². The van der Waals surface area contributed by atoms with Gasteiger partial charge < -0.3 is 19.3 Å². The predicted molar refractivity (Wildman–Crippen MR) is 108 cm³/mol. The van der Waals surface area contributed by atoms with E-state index in [9.17, 15) is 4.79 Å². The maximum Gasteiger partial charge on any atom is 0.410 e. The smallest absolute Gasteiger partial charge is 0.410 e. The van der Waals surface area contributed by atoms with Gasteiger partial charge >= 0.3 is 6.09 Å².